The van der Waals surface area contributed by atoms with Crippen LogP contribution in [0.4, 0.5) is 11.4 Å². The van der Waals surface area contributed by atoms with Gasteiger partial charge in [-0.05, 0) is 50.2 Å². The van der Waals surface area contributed by atoms with Crippen LogP contribution in [0.3, 0.4) is 0 Å². The second-order valence-corrected chi connectivity index (χ2v) is 9.07. The summed E-state index contributed by atoms with van der Waals surface area (Å²) in [7, 11) is 0. The van der Waals surface area contributed by atoms with Crippen molar-refractivity contribution in [3.63, 3.8) is 0 Å². The highest BCUT2D eigenvalue weighted by Crippen LogP contribution is 2.22. The number of benzene rings is 2. The SMILES string of the molecule is CCn1c(SCC(=O)Nc2ccc(N3CCOCC3)cc2)nnc1C(C)NC(=O)c1ccccc1. The van der Waals surface area contributed by atoms with Gasteiger partial charge in [-0.2, -0.15) is 0 Å². The van der Waals surface area contributed by atoms with Gasteiger partial charge in [0.1, 0.15) is 0 Å². The molecule has 9 nitrogen and oxygen atoms in total. The van der Waals surface area contributed by atoms with E-state index in [-0.39, 0.29) is 23.6 Å². The van der Waals surface area contributed by atoms with Crippen LogP contribution in [0, 0.1) is 0 Å². The molecule has 2 aromatic carbocycles. The van der Waals surface area contributed by atoms with Gasteiger partial charge in [0.25, 0.3) is 5.91 Å². The van der Waals surface area contributed by atoms with Gasteiger partial charge in [0.15, 0.2) is 11.0 Å². The van der Waals surface area contributed by atoms with Crippen LogP contribution in [0.2, 0.25) is 0 Å². The van der Waals surface area contributed by atoms with Gasteiger partial charge in [-0.25, -0.2) is 0 Å². The summed E-state index contributed by atoms with van der Waals surface area (Å²) in [5, 5.41) is 15.1. The van der Waals surface area contributed by atoms with E-state index in [1.807, 2.05) is 60.9 Å². The normalized spacial score (nSPS) is 14.4. The Morgan fingerprint density at radius 3 is 2.46 bits per heavy atom. The Labute approximate surface area is 209 Å². The Balaban J connectivity index is 1.31. The molecule has 1 fully saturated rings. The molecule has 1 aliphatic heterocycles. The highest BCUT2D eigenvalue weighted by Gasteiger charge is 2.20. The molecule has 0 aliphatic carbocycles. The zero-order valence-electron chi connectivity index (χ0n) is 19.9. The van der Waals surface area contributed by atoms with Crippen LogP contribution in [-0.4, -0.2) is 58.6 Å². The predicted octanol–water partition coefficient (Wildman–Crippen LogP) is 3.36. The van der Waals surface area contributed by atoms with Crippen LogP contribution in [0.25, 0.3) is 0 Å². The van der Waals surface area contributed by atoms with Crippen molar-refractivity contribution < 1.29 is 14.3 Å². The number of amides is 2. The third-order valence-electron chi connectivity index (χ3n) is 5.69. The first kappa shape index (κ1) is 24.7. The zero-order valence-corrected chi connectivity index (χ0v) is 20.8. The molecule has 0 bridgehead atoms. The van der Waals surface area contributed by atoms with Crippen LogP contribution in [0.5, 0.6) is 0 Å². The summed E-state index contributed by atoms with van der Waals surface area (Å²) in [6.07, 6.45) is 0. The smallest absolute Gasteiger partial charge is 0.251 e. The zero-order chi connectivity index (χ0) is 24.6. The molecule has 0 spiro atoms. The number of morpholine rings is 1. The lowest BCUT2D eigenvalue weighted by atomic mass is 10.2. The second-order valence-electron chi connectivity index (χ2n) is 8.13. The molecule has 1 atom stereocenters. The fourth-order valence-electron chi connectivity index (χ4n) is 3.86. The molecule has 1 aliphatic rings. The summed E-state index contributed by atoms with van der Waals surface area (Å²) >= 11 is 1.32. The van der Waals surface area contributed by atoms with Crippen molar-refractivity contribution in [1.29, 1.82) is 0 Å². The molecular weight excluding hydrogens is 464 g/mol. The minimum absolute atomic E-state index is 0.119. The molecule has 1 saturated heterocycles. The summed E-state index contributed by atoms with van der Waals surface area (Å²) in [4.78, 5) is 27.3. The first-order chi connectivity index (χ1) is 17.0. The van der Waals surface area contributed by atoms with Gasteiger partial charge in [0.05, 0.1) is 25.0 Å². The summed E-state index contributed by atoms with van der Waals surface area (Å²) in [5.74, 6) is 0.566. The monoisotopic (exact) mass is 494 g/mol. The van der Waals surface area contributed by atoms with E-state index in [2.05, 4.69) is 25.7 Å². The van der Waals surface area contributed by atoms with E-state index in [0.29, 0.717) is 23.1 Å². The first-order valence-corrected chi connectivity index (χ1v) is 12.7. The van der Waals surface area contributed by atoms with E-state index in [1.165, 1.54) is 11.8 Å². The average Bonchev–Trinajstić information content (AvgIpc) is 3.32. The summed E-state index contributed by atoms with van der Waals surface area (Å²) in [5.41, 5.74) is 2.46. The quantitative estimate of drug-likeness (QED) is 0.440. The summed E-state index contributed by atoms with van der Waals surface area (Å²) in [6.45, 7) is 7.70. The van der Waals surface area contributed by atoms with E-state index in [4.69, 9.17) is 4.74 Å². The number of carbonyl (C=O) groups excluding carboxylic acids is 2. The van der Waals surface area contributed by atoms with Gasteiger partial charge >= 0.3 is 0 Å². The molecule has 184 valence electrons. The Bertz CT molecular complexity index is 1130. The number of ether oxygens (including phenoxy) is 1. The lowest BCUT2D eigenvalue weighted by molar-refractivity contribution is -0.113. The molecular formula is C25H30N6O3S. The van der Waals surface area contributed by atoms with Gasteiger partial charge in [0.2, 0.25) is 5.91 Å². The van der Waals surface area contributed by atoms with Gasteiger partial charge in [-0.15, -0.1) is 10.2 Å². The number of thioether (sulfide) groups is 1. The second kappa shape index (κ2) is 11.9. The minimum atomic E-state index is -0.330. The Morgan fingerprint density at radius 2 is 1.77 bits per heavy atom. The van der Waals surface area contributed by atoms with Gasteiger partial charge in [-0.3, -0.25) is 9.59 Å². The molecule has 0 radical (unpaired) electrons. The number of aromatic nitrogens is 3. The van der Waals surface area contributed by atoms with Crippen LogP contribution in [0.1, 0.15) is 36.1 Å². The van der Waals surface area contributed by atoms with Crippen molar-refractivity contribution in [2.45, 2.75) is 31.6 Å². The third-order valence-corrected chi connectivity index (χ3v) is 6.66. The standard InChI is InChI=1S/C25H30N6O3S/c1-3-31-23(18(2)26-24(33)19-7-5-4-6-8-19)28-29-25(31)35-17-22(32)27-20-9-11-21(12-10-20)30-13-15-34-16-14-30/h4-12,18H,3,13-17H2,1-2H3,(H,26,33)(H,27,32). The van der Waals surface area contributed by atoms with Crippen molar-refractivity contribution in [2.24, 2.45) is 0 Å². The van der Waals surface area contributed by atoms with Crippen molar-refractivity contribution in [1.82, 2.24) is 20.1 Å². The van der Waals surface area contributed by atoms with Gasteiger partial charge in [-0.1, -0.05) is 30.0 Å². The van der Waals surface area contributed by atoms with E-state index >= 15 is 0 Å². The first-order valence-electron chi connectivity index (χ1n) is 11.7. The number of carbonyl (C=O) groups is 2. The topological polar surface area (TPSA) is 101 Å². The van der Waals surface area contributed by atoms with E-state index in [0.717, 1.165) is 37.7 Å². The third kappa shape index (κ3) is 6.40. The van der Waals surface area contributed by atoms with Crippen molar-refractivity contribution in [3.05, 3.63) is 66.0 Å². The lowest BCUT2D eigenvalue weighted by Crippen LogP contribution is -2.36. The highest BCUT2D eigenvalue weighted by atomic mass is 32.2. The number of anilines is 2. The molecule has 0 saturated carbocycles. The number of rotatable bonds is 9. The Hall–Kier alpha value is -3.37. The van der Waals surface area contributed by atoms with E-state index in [9.17, 15) is 9.59 Å². The molecule has 1 unspecified atom stereocenters. The van der Waals surface area contributed by atoms with Gasteiger partial charge in [0, 0.05) is 36.6 Å². The summed E-state index contributed by atoms with van der Waals surface area (Å²) in [6, 6.07) is 16.6. The fraction of sp³-hybridized carbons (Fsp3) is 0.360. The summed E-state index contributed by atoms with van der Waals surface area (Å²) < 4.78 is 7.32. The molecule has 2 heterocycles. The fourth-order valence-corrected chi connectivity index (χ4v) is 4.67. The number of nitrogens with one attached hydrogen (secondary N) is 2. The average molecular weight is 495 g/mol. The van der Waals surface area contributed by atoms with Crippen molar-refractivity contribution >= 4 is 35.0 Å². The molecule has 35 heavy (non-hydrogen) atoms. The van der Waals surface area contributed by atoms with Crippen molar-refractivity contribution in [3.8, 4) is 0 Å². The molecule has 3 aromatic rings. The largest absolute Gasteiger partial charge is 0.378 e. The van der Waals surface area contributed by atoms with Crippen LogP contribution in [-0.2, 0) is 16.1 Å². The Kier molecular flexibility index (Phi) is 8.38. The van der Waals surface area contributed by atoms with Crippen molar-refractivity contribution in [2.75, 3.05) is 42.3 Å². The predicted molar refractivity (Wildman–Crippen MR) is 137 cm³/mol. The molecule has 2 amide bonds. The maximum atomic E-state index is 12.5. The van der Waals surface area contributed by atoms with Crippen LogP contribution in [0.15, 0.2) is 59.8 Å². The van der Waals surface area contributed by atoms with E-state index < -0.39 is 0 Å². The van der Waals surface area contributed by atoms with Crippen LogP contribution < -0.4 is 15.5 Å². The number of nitrogens with zero attached hydrogens (tertiary/aromatic N) is 4. The highest BCUT2D eigenvalue weighted by molar-refractivity contribution is 7.99. The Morgan fingerprint density at radius 1 is 1.06 bits per heavy atom. The maximum Gasteiger partial charge on any atom is 0.251 e. The minimum Gasteiger partial charge on any atom is -0.378 e. The molecule has 4 rings (SSSR count). The number of hydrogen-bond donors (Lipinski definition) is 2. The molecule has 10 heteroatoms. The van der Waals surface area contributed by atoms with Gasteiger partial charge < -0.3 is 24.8 Å². The van der Waals surface area contributed by atoms with Crippen LogP contribution >= 0.6 is 11.8 Å². The molecule has 2 N–H and O–H groups in total. The molecule has 1 aromatic heterocycles. The van der Waals surface area contributed by atoms with E-state index in [1.54, 1.807) is 12.1 Å². The maximum absolute atomic E-state index is 12.5. The lowest BCUT2D eigenvalue weighted by Gasteiger charge is -2.28. The number of hydrogen-bond acceptors (Lipinski definition) is 7.